The average Bonchev–Trinajstić information content (AvgIpc) is 2.88. The summed E-state index contributed by atoms with van der Waals surface area (Å²) in [7, 11) is 1.61. The van der Waals surface area contributed by atoms with E-state index in [1.54, 1.807) is 19.6 Å². The minimum absolute atomic E-state index is 0.321. The van der Waals surface area contributed by atoms with E-state index in [0.717, 1.165) is 17.9 Å². The molecule has 0 saturated heterocycles. The molecular formula is C13H19N5O. The molecule has 102 valence electrons. The lowest BCUT2D eigenvalue weighted by Gasteiger charge is -2.10. The SMILES string of the molecule is COc1ccc(CNCc2ncnn2C(C)C)cn1. The number of hydrogen-bond acceptors (Lipinski definition) is 5. The molecule has 0 atom stereocenters. The van der Waals surface area contributed by atoms with Crippen molar-refractivity contribution in [1.29, 1.82) is 0 Å². The van der Waals surface area contributed by atoms with Crippen molar-refractivity contribution in [2.24, 2.45) is 0 Å². The van der Waals surface area contributed by atoms with Crippen molar-refractivity contribution < 1.29 is 4.74 Å². The highest BCUT2D eigenvalue weighted by Gasteiger charge is 2.06. The highest BCUT2D eigenvalue weighted by atomic mass is 16.5. The van der Waals surface area contributed by atoms with Gasteiger partial charge in [0.05, 0.1) is 13.7 Å². The van der Waals surface area contributed by atoms with Crippen LogP contribution in [0.15, 0.2) is 24.7 Å². The Kier molecular flexibility index (Phi) is 4.46. The fourth-order valence-electron chi connectivity index (χ4n) is 1.79. The molecule has 0 amide bonds. The normalized spacial score (nSPS) is 10.9. The topological polar surface area (TPSA) is 64.9 Å². The van der Waals surface area contributed by atoms with Gasteiger partial charge >= 0.3 is 0 Å². The van der Waals surface area contributed by atoms with Crippen molar-refractivity contribution in [2.75, 3.05) is 7.11 Å². The van der Waals surface area contributed by atoms with Crippen LogP contribution in [0.5, 0.6) is 5.88 Å². The van der Waals surface area contributed by atoms with Crippen LogP contribution in [-0.4, -0.2) is 26.9 Å². The summed E-state index contributed by atoms with van der Waals surface area (Å²) in [5.41, 5.74) is 1.11. The Labute approximate surface area is 112 Å². The molecule has 0 bridgehead atoms. The van der Waals surface area contributed by atoms with Crippen LogP contribution >= 0.6 is 0 Å². The van der Waals surface area contributed by atoms with Crippen LogP contribution in [0.4, 0.5) is 0 Å². The van der Waals surface area contributed by atoms with Crippen LogP contribution in [0.1, 0.15) is 31.3 Å². The van der Waals surface area contributed by atoms with Gasteiger partial charge in [0.15, 0.2) is 0 Å². The van der Waals surface area contributed by atoms with Crippen LogP contribution in [0.2, 0.25) is 0 Å². The number of pyridine rings is 1. The molecule has 0 unspecified atom stereocenters. The third-order valence-corrected chi connectivity index (χ3v) is 2.76. The minimum Gasteiger partial charge on any atom is -0.481 e. The van der Waals surface area contributed by atoms with Crippen LogP contribution in [-0.2, 0) is 13.1 Å². The molecule has 0 aliphatic heterocycles. The van der Waals surface area contributed by atoms with E-state index >= 15 is 0 Å². The first-order valence-electron chi connectivity index (χ1n) is 6.28. The average molecular weight is 261 g/mol. The third kappa shape index (κ3) is 3.51. The second kappa shape index (κ2) is 6.29. The van der Waals surface area contributed by atoms with Crippen LogP contribution < -0.4 is 10.1 Å². The second-order valence-corrected chi connectivity index (χ2v) is 4.53. The van der Waals surface area contributed by atoms with Gasteiger partial charge in [-0.05, 0) is 19.4 Å². The first-order chi connectivity index (χ1) is 9.20. The predicted molar refractivity (Wildman–Crippen MR) is 71.7 cm³/mol. The number of ether oxygens (including phenoxy) is 1. The molecule has 0 aromatic carbocycles. The largest absolute Gasteiger partial charge is 0.481 e. The monoisotopic (exact) mass is 261 g/mol. The second-order valence-electron chi connectivity index (χ2n) is 4.53. The summed E-state index contributed by atoms with van der Waals surface area (Å²) in [4.78, 5) is 8.41. The lowest BCUT2D eigenvalue weighted by molar-refractivity contribution is 0.397. The van der Waals surface area contributed by atoms with Crippen molar-refractivity contribution >= 4 is 0 Å². The molecule has 0 aliphatic rings. The summed E-state index contributed by atoms with van der Waals surface area (Å²) in [5, 5.41) is 7.53. The molecule has 2 heterocycles. The van der Waals surface area contributed by atoms with Gasteiger partial charge in [0.25, 0.3) is 0 Å². The van der Waals surface area contributed by atoms with Crippen molar-refractivity contribution in [2.45, 2.75) is 33.0 Å². The van der Waals surface area contributed by atoms with E-state index < -0.39 is 0 Å². The maximum Gasteiger partial charge on any atom is 0.212 e. The lowest BCUT2D eigenvalue weighted by Crippen LogP contribution is -2.18. The van der Waals surface area contributed by atoms with Crippen LogP contribution in [0.3, 0.4) is 0 Å². The number of nitrogens with zero attached hydrogens (tertiary/aromatic N) is 4. The first kappa shape index (κ1) is 13.5. The van der Waals surface area contributed by atoms with Gasteiger partial charge in [-0.3, -0.25) is 0 Å². The highest BCUT2D eigenvalue weighted by Crippen LogP contribution is 2.07. The molecule has 0 radical (unpaired) electrons. The Hall–Kier alpha value is -1.95. The maximum absolute atomic E-state index is 5.02. The zero-order valence-corrected chi connectivity index (χ0v) is 11.5. The van der Waals surface area contributed by atoms with Gasteiger partial charge in [0, 0.05) is 24.8 Å². The van der Waals surface area contributed by atoms with Crippen molar-refractivity contribution in [3.8, 4) is 5.88 Å². The molecule has 6 nitrogen and oxygen atoms in total. The van der Waals surface area contributed by atoms with Gasteiger partial charge in [-0.2, -0.15) is 5.10 Å². The summed E-state index contributed by atoms with van der Waals surface area (Å²) in [6.07, 6.45) is 3.39. The fraction of sp³-hybridized carbons (Fsp3) is 0.462. The van der Waals surface area contributed by atoms with Crippen LogP contribution in [0.25, 0.3) is 0 Å². The quantitative estimate of drug-likeness (QED) is 0.854. The number of methoxy groups -OCH3 is 1. The number of hydrogen-bond donors (Lipinski definition) is 1. The Morgan fingerprint density at radius 2 is 2.11 bits per heavy atom. The molecule has 0 aliphatic carbocycles. The standard InChI is InChI=1S/C13H19N5O/c1-10(2)18-12(16-9-17-18)8-14-6-11-4-5-13(19-3)15-7-11/h4-5,7,9-10,14H,6,8H2,1-3H3. The molecule has 0 spiro atoms. The summed E-state index contributed by atoms with van der Waals surface area (Å²) in [5.74, 6) is 1.57. The first-order valence-corrected chi connectivity index (χ1v) is 6.28. The van der Waals surface area contributed by atoms with E-state index in [1.165, 1.54) is 0 Å². The number of rotatable bonds is 6. The van der Waals surface area contributed by atoms with E-state index in [0.29, 0.717) is 18.5 Å². The summed E-state index contributed by atoms with van der Waals surface area (Å²) in [6.45, 7) is 5.60. The Bertz CT molecular complexity index is 506. The van der Waals surface area contributed by atoms with Gasteiger partial charge < -0.3 is 10.1 Å². The van der Waals surface area contributed by atoms with Gasteiger partial charge in [0.2, 0.25) is 5.88 Å². The molecule has 2 aromatic heterocycles. The zero-order chi connectivity index (χ0) is 13.7. The minimum atomic E-state index is 0.321. The maximum atomic E-state index is 5.02. The van der Waals surface area contributed by atoms with Gasteiger partial charge in [0.1, 0.15) is 12.2 Å². The Balaban J connectivity index is 1.87. The molecular weight excluding hydrogens is 242 g/mol. The van der Waals surface area contributed by atoms with Gasteiger partial charge in [-0.25, -0.2) is 14.6 Å². The van der Waals surface area contributed by atoms with E-state index in [2.05, 4.69) is 34.2 Å². The molecule has 0 fully saturated rings. The molecule has 1 N–H and O–H groups in total. The number of aromatic nitrogens is 4. The summed E-state index contributed by atoms with van der Waals surface area (Å²) >= 11 is 0. The Morgan fingerprint density at radius 1 is 1.26 bits per heavy atom. The Morgan fingerprint density at radius 3 is 2.74 bits per heavy atom. The molecule has 6 heteroatoms. The predicted octanol–water partition coefficient (Wildman–Crippen LogP) is 1.55. The smallest absolute Gasteiger partial charge is 0.212 e. The fourth-order valence-corrected chi connectivity index (χ4v) is 1.79. The van der Waals surface area contributed by atoms with Crippen molar-refractivity contribution in [3.05, 3.63) is 36.0 Å². The number of nitrogens with one attached hydrogen (secondary N) is 1. The van der Waals surface area contributed by atoms with Gasteiger partial charge in [-0.1, -0.05) is 6.07 Å². The highest BCUT2D eigenvalue weighted by molar-refractivity contribution is 5.17. The summed E-state index contributed by atoms with van der Waals surface area (Å²) < 4.78 is 6.94. The van der Waals surface area contributed by atoms with Crippen LogP contribution in [0, 0.1) is 0 Å². The van der Waals surface area contributed by atoms with E-state index in [4.69, 9.17) is 4.74 Å². The van der Waals surface area contributed by atoms with Gasteiger partial charge in [-0.15, -0.1) is 0 Å². The zero-order valence-electron chi connectivity index (χ0n) is 11.5. The van der Waals surface area contributed by atoms with Crippen molar-refractivity contribution in [3.63, 3.8) is 0 Å². The lowest BCUT2D eigenvalue weighted by atomic mass is 10.3. The molecule has 2 rings (SSSR count). The van der Waals surface area contributed by atoms with E-state index in [1.807, 2.05) is 16.8 Å². The molecule has 19 heavy (non-hydrogen) atoms. The molecule has 2 aromatic rings. The third-order valence-electron chi connectivity index (χ3n) is 2.76. The molecule has 0 saturated carbocycles. The van der Waals surface area contributed by atoms with E-state index in [-0.39, 0.29) is 0 Å². The van der Waals surface area contributed by atoms with Crippen molar-refractivity contribution in [1.82, 2.24) is 25.1 Å². The van der Waals surface area contributed by atoms with E-state index in [9.17, 15) is 0 Å². The summed E-state index contributed by atoms with van der Waals surface area (Å²) in [6, 6.07) is 4.17.